The van der Waals surface area contributed by atoms with Gasteiger partial charge >= 0.3 is 6.36 Å². The van der Waals surface area contributed by atoms with E-state index in [0.717, 1.165) is 32.1 Å². The van der Waals surface area contributed by atoms with Crippen LogP contribution in [-0.2, 0) is 0 Å². The van der Waals surface area contributed by atoms with E-state index in [0.29, 0.717) is 12.4 Å². The molecule has 6 heteroatoms. The summed E-state index contributed by atoms with van der Waals surface area (Å²) in [5, 5.41) is 8.65. The Balaban J connectivity index is 2.03. The molecule has 0 aliphatic heterocycles. The van der Waals surface area contributed by atoms with Crippen LogP contribution in [0, 0.1) is 0 Å². The Kier molecular flexibility index (Phi) is 9.52. The Morgan fingerprint density at radius 1 is 0.739 bits per heavy atom. The van der Waals surface area contributed by atoms with Crippen LogP contribution < -0.4 is 9.47 Å². The van der Waals surface area contributed by atoms with E-state index in [4.69, 9.17) is 9.84 Å². The highest BCUT2D eigenvalue weighted by Crippen LogP contribution is 2.24. The molecule has 0 saturated carbocycles. The summed E-state index contributed by atoms with van der Waals surface area (Å²) in [4.78, 5) is 0. The maximum atomic E-state index is 12.0. The van der Waals surface area contributed by atoms with Gasteiger partial charge < -0.3 is 14.6 Å². The van der Waals surface area contributed by atoms with Gasteiger partial charge in [0.05, 0.1) is 6.61 Å². The molecule has 0 aliphatic rings. The molecular formula is C17H25F3O3. The highest BCUT2D eigenvalue weighted by molar-refractivity contribution is 5.31. The molecule has 0 unspecified atom stereocenters. The minimum Gasteiger partial charge on any atom is -0.494 e. The molecule has 23 heavy (non-hydrogen) atoms. The van der Waals surface area contributed by atoms with Crippen molar-refractivity contribution >= 4 is 0 Å². The van der Waals surface area contributed by atoms with Crippen molar-refractivity contribution in [2.75, 3.05) is 13.2 Å². The van der Waals surface area contributed by atoms with E-state index in [9.17, 15) is 13.2 Å². The van der Waals surface area contributed by atoms with E-state index in [2.05, 4.69) is 4.74 Å². The van der Waals surface area contributed by atoms with E-state index < -0.39 is 6.36 Å². The zero-order valence-electron chi connectivity index (χ0n) is 13.3. The maximum absolute atomic E-state index is 12.0. The number of alkyl halides is 3. The van der Waals surface area contributed by atoms with Crippen LogP contribution in [0.25, 0.3) is 0 Å². The molecule has 1 rings (SSSR count). The lowest BCUT2D eigenvalue weighted by atomic mass is 10.1. The highest BCUT2D eigenvalue weighted by atomic mass is 19.4. The average molecular weight is 334 g/mol. The molecule has 0 bridgehead atoms. The van der Waals surface area contributed by atoms with Crippen molar-refractivity contribution in [3.63, 3.8) is 0 Å². The normalized spacial score (nSPS) is 11.5. The summed E-state index contributed by atoms with van der Waals surface area (Å²) >= 11 is 0. The van der Waals surface area contributed by atoms with Crippen molar-refractivity contribution in [3.05, 3.63) is 24.3 Å². The van der Waals surface area contributed by atoms with Gasteiger partial charge in [0.15, 0.2) is 0 Å². The average Bonchev–Trinajstić information content (AvgIpc) is 2.49. The van der Waals surface area contributed by atoms with Gasteiger partial charge in [-0.15, -0.1) is 13.2 Å². The molecule has 3 nitrogen and oxygen atoms in total. The summed E-state index contributed by atoms with van der Waals surface area (Å²) < 4.78 is 45.3. The molecule has 132 valence electrons. The van der Waals surface area contributed by atoms with E-state index in [1.165, 1.54) is 43.5 Å². The number of hydrogen-bond donors (Lipinski definition) is 1. The lowest BCUT2D eigenvalue weighted by Gasteiger charge is -2.10. The minimum atomic E-state index is -4.67. The van der Waals surface area contributed by atoms with Gasteiger partial charge in [0.1, 0.15) is 11.5 Å². The molecule has 0 aliphatic carbocycles. The molecule has 0 aromatic heterocycles. The predicted molar refractivity (Wildman–Crippen MR) is 82.6 cm³/mol. The second kappa shape index (κ2) is 11.2. The lowest BCUT2D eigenvalue weighted by molar-refractivity contribution is -0.274. The number of aliphatic hydroxyl groups excluding tert-OH is 1. The van der Waals surface area contributed by atoms with Gasteiger partial charge in [-0.05, 0) is 37.1 Å². The Hall–Kier alpha value is -1.43. The van der Waals surface area contributed by atoms with Gasteiger partial charge in [-0.2, -0.15) is 0 Å². The number of rotatable bonds is 12. The number of halogens is 3. The van der Waals surface area contributed by atoms with Crippen LogP contribution in [-0.4, -0.2) is 24.7 Å². The predicted octanol–water partition coefficient (Wildman–Crippen LogP) is 5.08. The quantitative estimate of drug-likeness (QED) is 0.542. The number of hydrogen-bond acceptors (Lipinski definition) is 3. The van der Waals surface area contributed by atoms with Crippen LogP contribution in [0.2, 0.25) is 0 Å². The smallest absolute Gasteiger partial charge is 0.494 e. The third kappa shape index (κ3) is 10.8. The minimum absolute atomic E-state index is 0.244. The maximum Gasteiger partial charge on any atom is 0.573 e. The first kappa shape index (κ1) is 19.6. The third-order valence-electron chi connectivity index (χ3n) is 3.38. The summed E-state index contributed by atoms with van der Waals surface area (Å²) in [6.07, 6.45) is 4.03. The highest BCUT2D eigenvalue weighted by Gasteiger charge is 2.30. The Labute approximate surface area is 135 Å². The summed E-state index contributed by atoms with van der Waals surface area (Å²) in [5.74, 6) is 0.301. The Morgan fingerprint density at radius 3 is 1.74 bits per heavy atom. The second-order valence-electron chi connectivity index (χ2n) is 5.42. The fourth-order valence-corrected chi connectivity index (χ4v) is 2.20. The molecule has 0 radical (unpaired) electrons. The van der Waals surface area contributed by atoms with E-state index in [1.807, 2.05) is 0 Å². The van der Waals surface area contributed by atoms with Gasteiger partial charge in [0.25, 0.3) is 0 Å². The molecule has 1 aromatic rings. The van der Waals surface area contributed by atoms with Crippen molar-refractivity contribution in [2.24, 2.45) is 0 Å². The summed E-state index contributed by atoms with van der Waals surface area (Å²) in [7, 11) is 0. The zero-order valence-corrected chi connectivity index (χ0v) is 13.3. The van der Waals surface area contributed by atoms with Crippen LogP contribution in [0.4, 0.5) is 13.2 Å². The first-order valence-electron chi connectivity index (χ1n) is 8.11. The van der Waals surface area contributed by atoms with E-state index in [-0.39, 0.29) is 12.4 Å². The van der Waals surface area contributed by atoms with Gasteiger partial charge in [0, 0.05) is 6.61 Å². The van der Waals surface area contributed by atoms with E-state index >= 15 is 0 Å². The first-order chi connectivity index (χ1) is 11.0. The van der Waals surface area contributed by atoms with E-state index in [1.54, 1.807) is 0 Å². The number of unbranched alkanes of at least 4 members (excludes halogenated alkanes) is 7. The molecule has 1 aromatic carbocycles. The van der Waals surface area contributed by atoms with Crippen molar-refractivity contribution in [2.45, 2.75) is 57.7 Å². The summed E-state index contributed by atoms with van der Waals surface area (Å²) in [6, 6.07) is 5.44. The van der Waals surface area contributed by atoms with Gasteiger partial charge in [-0.3, -0.25) is 0 Å². The molecule has 0 atom stereocenters. The lowest BCUT2D eigenvalue weighted by Crippen LogP contribution is -2.16. The molecular weight excluding hydrogens is 309 g/mol. The van der Waals surface area contributed by atoms with Crippen LogP contribution in [0.1, 0.15) is 51.4 Å². The number of aliphatic hydroxyl groups is 1. The number of benzene rings is 1. The standard InChI is InChI=1S/C17H25F3O3/c18-17(19,20)23-16-11-9-15(10-12-16)22-14-8-6-4-2-1-3-5-7-13-21/h9-12,21H,1-8,13-14H2. The molecule has 0 spiro atoms. The van der Waals surface area contributed by atoms with Gasteiger partial charge in [0.2, 0.25) is 0 Å². The largest absolute Gasteiger partial charge is 0.573 e. The van der Waals surface area contributed by atoms with Crippen LogP contribution in [0.15, 0.2) is 24.3 Å². The van der Waals surface area contributed by atoms with Crippen LogP contribution in [0.3, 0.4) is 0 Å². The van der Waals surface area contributed by atoms with Crippen LogP contribution in [0.5, 0.6) is 11.5 Å². The van der Waals surface area contributed by atoms with Crippen molar-refractivity contribution in [1.82, 2.24) is 0 Å². The van der Waals surface area contributed by atoms with Crippen molar-refractivity contribution in [1.29, 1.82) is 0 Å². The van der Waals surface area contributed by atoms with Gasteiger partial charge in [-0.25, -0.2) is 0 Å². The monoisotopic (exact) mass is 334 g/mol. The van der Waals surface area contributed by atoms with Crippen LogP contribution >= 0.6 is 0 Å². The Bertz CT molecular complexity index is 405. The summed E-state index contributed by atoms with van der Waals surface area (Å²) in [5.41, 5.74) is 0. The topological polar surface area (TPSA) is 38.7 Å². The molecule has 0 saturated heterocycles. The molecule has 1 N–H and O–H groups in total. The second-order valence-corrected chi connectivity index (χ2v) is 5.42. The SMILES string of the molecule is OCCCCCCCCCCOc1ccc(OC(F)(F)F)cc1. The van der Waals surface area contributed by atoms with Gasteiger partial charge in [-0.1, -0.05) is 38.5 Å². The zero-order chi connectivity index (χ0) is 17.0. The van der Waals surface area contributed by atoms with Crippen molar-refractivity contribution < 1.29 is 27.8 Å². The van der Waals surface area contributed by atoms with Crippen molar-refractivity contribution in [3.8, 4) is 11.5 Å². The molecule has 0 amide bonds. The fourth-order valence-electron chi connectivity index (χ4n) is 2.20. The first-order valence-corrected chi connectivity index (χ1v) is 8.11. The summed E-state index contributed by atoms with van der Waals surface area (Å²) in [6.45, 7) is 0.838. The number of ether oxygens (including phenoxy) is 2. The third-order valence-corrected chi connectivity index (χ3v) is 3.38. The molecule has 0 heterocycles. The Morgan fingerprint density at radius 2 is 1.22 bits per heavy atom. The fraction of sp³-hybridized carbons (Fsp3) is 0.647. The molecule has 0 fully saturated rings.